The Hall–Kier alpha value is -1.02. The second-order valence-electron chi connectivity index (χ2n) is 5.95. The van der Waals surface area contributed by atoms with Crippen molar-refractivity contribution >= 4 is 5.69 Å². The molecule has 1 atom stereocenters. The summed E-state index contributed by atoms with van der Waals surface area (Å²) in [6.07, 6.45) is 2.80. The van der Waals surface area contributed by atoms with Crippen LogP contribution in [0.3, 0.4) is 0 Å². The SMILES string of the molecule is Cc1cccc(N2CC3(CC3)CNCC2C)c1. The maximum Gasteiger partial charge on any atom is 0.0386 e. The van der Waals surface area contributed by atoms with Crippen molar-refractivity contribution in [1.29, 1.82) is 0 Å². The standard InChI is InChI=1S/C15H22N2/c1-12-4-3-5-14(8-12)17-11-15(6-7-15)10-16-9-13(17)2/h3-5,8,13,16H,6-7,9-11H2,1-2H3. The van der Waals surface area contributed by atoms with Crippen LogP contribution in [0, 0.1) is 12.3 Å². The molecular weight excluding hydrogens is 208 g/mol. The Labute approximate surface area is 104 Å². The van der Waals surface area contributed by atoms with Crippen LogP contribution in [0.5, 0.6) is 0 Å². The van der Waals surface area contributed by atoms with Crippen LogP contribution >= 0.6 is 0 Å². The van der Waals surface area contributed by atoms with Crippen LogP contribution in [0.2, 0.25) is 0 Å². The average molecular weight is 230 g/mol. The Morgan fingerprint density at radius 2 is 2.18 bits per heavy atom. The first kappa shape index (κ1) is 11.1. The quantitative estimate of drug-likeness (QED) is 0.797. The molecule has 2 heteroatoms. The molecule has 1 N–H and O–H groups in total. The van der Waals surface area contributed by atoms with Gasteiger partial charge in [-0.25, -0.2) is 0 Å². The molecule has 3 rings (SSSR count). The number of benzene rings is 1. The number of anilines is 1. The summed E-state index contributed by atoms with van der Waals surface area (Å²) >= 11 is 0. The summed E-state index contributed by atoms with van der Waals surface area (Å²) in [7, 11) is 0. The molecule has 1 saturated carbocycles. The van der Waals surface area contributed by atoms with Crippen LogP contribution in [0.4, 0.5) is 5.69 Å². The molecule has 2 aliphatic rings. The van der Waals surface area contributed by atoms with Gasteiger partial charge in [0, 0.05) is 36.8 Å². The van der Waals surface area contributed by atoms with E-state index in [-0.39, 0.29) is 0 Å². The molecule has 1 aromatic rings. The predicted molar refractivity (Wildman–Crippen MR) is 72.5 cm³/mol. The van der Waals surface area contributed by atoms with E-state index in [0.29, 0.717) is 11.5 Å². The average Bonchev–Trinajstić information content (AvgIpc) is 3.08. The number of nitrogens with zero attached hydrogens (tertiary/aromatic N) is 1. The lowest BCUT2D eigenvalue weighted by Gasteiger charge is -2.31. The lowest BCUT2D eigenvalue weighted by atomic mass is 10.1. The first-order valence-electron chi connectivity index (χ1n) is 6.73. The highest BCUT2D eigenvalue weighted by atomic mass is 15.2. The van der Waals surface area contributed by atoms with E-state index >= 15 is 0 Å². The van der Waals surface area contributed by atoms with Crippen molar-refractivity contribution in [2.45, 2.75) is 32.7 Å². The maximum absolute atomic E-state index is 3.62. The van der Waals surface area contributed by atoms with Gasteiger partial charge in [0.2, 0.25) is 0 Å². The van der Waals surface area contributed by atoms with E-state index in [1.807, 2.05) is 0 Å². The van der Waals surface area contributed by atoms with E-state index in [1.165, 1.54) is 37.2 Å². The van der Waals surface area contributed by atoms with E-state index in [9.17, 15) is 0 Å². The van der Waals surface area contributed by atoms with Crippen LogP contribution in [0.15, 0.2) is 24.3 Å². The van der Waals surface area contributed by atoms with Gasteiger partial charge in [-0.3, -0.25) is 0 Å². The van der Waals surface area contributed by atoms with Crippen molar-refractivity contribution < 1.29 is 0 Å². The van der Waals surface area contributed by atoms with Gasteiger partial charge in [0.1, 0.15) is 0 Å². The van der Waals surface area contributed by atoms with Crippen molar-refractivity contribution in [1.82, 2.24) is 5.32 Å². The molecule has 17 heavy (non-hydrogen) atoms. The zero-order valence-electron chi connectivity index (χ0n) is 10.9. The van der Waals surface area contributed by atoms with E-state index in [2.05, 4.69) is 48.3 Å². The summed E-state index contributed by atoms with van der Waals surface area (Å²) in [4.78, 5) is 2.60. The fourth-order valence-electron chi connectivity index (χ4n) is 2.89. The van der Waals surface area contributed by atoms with Crippen molar-refractivity contribution in [2.24, 2.45) is 5.41 Å². The fraction of sp³-hybridized carbons (Fsp3) is 0.600. The molecule has 92 valence electrons. The van der Waals surface area contributed by atoms with Gasteiger partial charge in [-0.15, -0.1) is 0 Å². The number of nitrogens with one attached hydrogen (secondary N) is 1. The van der Waals surface area contributed by atoms with Gasteiger partial charge >= 0.3 is 0 Å². The van der Waals surface area contributed by atoms with Crippen molar-refractivity contribution in [2.75, 3.05) is 24.5 Å². The highest BCUT2D eigenvalue weighted by Crippen LogP contribution is 2.47. The third kappa shape index (κ3) is 2.19. The number of rotatable bonds is 1. The topological polar surface area (TPSA) is 15.3 Å². The molecule has 1 saturated heterocycles. The fourth-order valence-corrected chi connectivity index (χ4v) is 2.89. The Balaban J connectivity index is 1.88. The molecule has 2 fully saturated rings. The third-order valence-corrected chi connectivity index (χ3v) is 4.27. The Bertz CT molecular complexity index is 409. The zero-order valence-corrected chi connectivity index (χ0v) is 10.9. The molecule has 0 bridgehead atoms. The Kier molecular flexibility index (Phi) is 2.62. The molecule has 1 aromatic carbocycles. The minimum absolute atomic E-state index is 0.578. The summed E-state index contributed by atoms with van der Waals surface area (Å²) in [5.74, 6) is 0. The van der Waals surface area contributed by atoms with Crippen LogP contribution < -0.4 is 10.2 Å². The van der Waals surface area contributed by atoms with E-state index in [1.54, 1.807) is 0 Å². The van der Waals surface area contributed by atoms with Crippen LogP contribution in [-0.4, -0.2) is 25.7 Å². The van der Waals surface area contributed by atoms with Gasteiger partial charge in [-0.1, -0.05) is 12.1 Å². The van der Waals surface area contributed by atoms with Crippen LogP contribution in [0.1, 0.15) is 25.3 Å². The molecule has 1 aliphatic heterocycles. The molecule has 1 aliphatic carbocycles. The lowest BCUT2D eigenvalue weighted by Crippen LogP contribution is -2.38. The molecule has 0 amide bonds. The molecule has 2 nitrogen and oxygen atoms in total. The summed E-state index contributed by atoms with van der Waals surface area (Å²) in [6, 6.07) is 9.52. The van der Waals surface area contributed by atoms with Gasteiger partial charge in [0.15, 0.2) is 0 Å². The van der Waals surface area contributed by atoms with Gasteiger partial charge in [0.25, 0.3) is 0 Å². The monoisotopic (exact) mass is 230 g/mol. The first-order valence-corrected chi connectivity index (χ1v) is 6.73. The van der Waals surface area contributed by atoms with Crippen molar-refractivity contribution in [3.8, 4) is 0 Å². The number of hydrogen-bond acceptors (Lipinski definition) is 2. The number of aryl methyl sites for hydroxylation is 1. The van der Waals surface area contributed by atoms with Crippen molar-refractivity contribution in [3.05, 3.63) is 29.8 Å². The van der Waals surface area contributed by atoms with Gasteiger partial charge in [-0.05, 0) is 44.4 Å². The van der Waals surface area contributed by atoms with Crippen molar-refractivity contribution in [3.63, 3.8) is 0 Å². The molecular formula is C15H22N2. The second-order valence-corrected chi connectivity index (χ2v) is 5.95. The van der Waals surface area contributed by atoms with Gasteiger partial charge < -0.3 is 10.2 Å². The smallest absolute Gasteiger partial charge is 0.0386 e. The van der Waals surface area contributed by atoms with E-state index in [0.717, 1.165) is 6.54 Å². The third-order valence-electron chi connectivity index (χ3n) is 4.27. The summed E-state index contributed by atoms with van der Waals surface area (Å²) in [6.45, 7) is 8.05. The maximum atomic E-state index is 3.62. The Morgan fingerprint density at radius 3 is 2.88 bits per heavy atom. The van der Waals surface area contributed by atoms with Gasteiger partial charge in [0.05, 0.1) is 0 Å². The highest BCUT2D eigenvalue weighted by molar-refractivity contribution is 5.50. The first-order chi connectivity index (χ1) is 8.19. The normalized spacial score (nSPS) is 26.9. The molecule has 1 heterocycles. The lowest BCUT2D eigenvalue weighted by molar-refractivity contribution is 0.500. The minimum Gasteiger partial charge on any atom is -0.367 e. The predicted octanol–water partition coefficient (Wildman–Crippen LogP) is 2.57. The Morgan fingerprint density at radius 1 is 1.35 bits per heavy atom. The summed E-state index contributed by atoms with van der Waals surface area (Å²) in [5, 5.41) is 3.62. The highest BCUT2D eigenvalue weighted by Gasteiger charge is 2.45. The molecule has 1 spiro atoms. The van der Waals surface area contributed by atoms with E-state index in [4.69, 9.17) is 0 Å². The molecule has 0 aromatic heterocycles. The molecule has 1 unspecified atom stereocenters. The van der Waals surface area contributed by atoms with E-state index < -0.39 is 0 Å². The largest absolute Gasteiger partial charge is 0.367 e. The zero-order chi connectivity index (χ0) is 11.9. The van der Waals surface area contributed by atoms with Crippen LogP contribution in [-0.2, 0) is 0 Å². The number of hydrogen-bond donors (Lipinski definition) is 1. The minimum atomic E-state index is 0.578. The van der Waals surface area contributed by atoms with Gasteiger partial charge in [-0.2, -0.15) is 0 Å². The van der Waals surface area contributed by atoms with Crippen LogP contribution in [0.25, 0.3) is 0 Å². The summed E-state index contributed by atoms with van der Waals surface area (Å²) < 4.78 is 0. The summed E-state index contributed by atoms with van der Waals surface area (Å²) in [5.41, 5.74) is 3.33. The molecule has 0 radical (unpaired) electrons. The second kappa shape index (κ2) is 4.02.